The second-order valence-corrected chi connectivity index (χ2v) is 21.3. The summed E-state index contributed by atoms with van der Waals surface area (Å²) in [6.45, 7) is 18.0. The van der Waals surface area contributed by atoms with Crippen LogP contribution >= 0.6 is 6.76 Å². The quantitative estimate of drug-likeness (QED) is 0.504. The van der Waals surface area contributed by atoms with Gasteiger partial charge in [0.1, 0.15) is 0 Å². The molecule has 0 atom stereocenters. The van der Waals surface area contributed by atoms with Gasteiger partial charge in [0, 0.05) is 0 Å². The average molecular weight is 230 g/mol. The van der Waals surface area contributed by atoms with Crippen molar-refractivity contribution in [1.82, 2.24) is 0 Å². The molecule has 13 heavy (non-hydrogen) atoms. The first kappa shape index (κ1) is 13.8. The van der Waals surface area contributed by atoms with E-state index in [9.17, 15) is 0 Å². The van der Waals surface area contributed by atoms with E-state index in [4.69, 9.17) is 7.57 Å². The van der Waals surface area contributed by atoms with Gasteiger partial charge in [0.2, 0.25) is 0 Å². The highest BCUT2D eigenvalue weighted by atomic mass is 31.2. The van der Waals surface area contributed by atoms with Crippen LogP contribution < -0.4 is 0 Å². The van der Waals surface area contributed by atoms with Crippen LogP contribution in [0.25, 0.3) is 0 Å². The van der Waals surface area contributed by atoms with Crippen molar-refractivity contribution in [1.29, 1.82) is 0 Å². The van der Waals surface area contributed by atoms with Crippen LogP contribution in [0.4, 0.5) is 0 Å². The maximum Gasteiger partial charge on any atom is 0.0644 e. The van der Waals surface area contributed by atoms with Crippen molar-refractivity contribution in [2.45, 2.75) is 39.3 Å². The molecule has 0 nitrogen and oxygen atoms in total. The van der Waals surface area contributed by atoms with E-state index >= 15 is 0 Å². The van der Waals surface area contributed by atoms with Crippen LogP contribution in [-0.4, -0.2) is 41.6 Å². The van der Waals surface area contributed by atoms with Gasteiger partial charge in [0.05, 0.1) is 16.1 Å². The van der Waals surface area contributed by atoms with Gasteiger partial charge in [-0.3, -0.25) is 0 Å². The molecular formula is C9H24BPSi2-. The summed E-state index contributed by atoms with van der Waals surface area (Å²) in [5.74, 6) is 0. The summed E-state index contributed by atoms with van der Waals surface area (Å²) in [7, 11) is 4.09. The fourth-order valence-electron chi connectivity index (χ4n) is 2.85. The van der Waals surface area contributed by atoms with E-state index in [1.807, 2.05) is 4.54 Å². The summed E-state index contributed by atoms with van der Waals surface area (Å²) in [6.07, 6.45) is 0. The Morgan fingerprint density at radius 3 is 1.08 bits per heavy atom. The van der Waals surface area contributed by atoms with Gasteiger partial charge in [-0.15, -0.1) is 4.54 Å². The molecule has 4 heteroatoms. The van der Waals surface area contributed by atoms with Crippen LogP contribution in [0.5, 0.6) is 0 Å². The maximum absolute atomic E-state index is 6.40. The first-order chi connectivity index (χ1) is 5.37. The molecule has 0 aromatic carbocycles. The first-order valence-electron chi connectivity index (χ1n) is 4.88. The summed E-state index contributed by atoms with van der Waals surface area (Å²) in [5.41, 5.74) is 0. The van der Waals surface area contributed by atoms with Crippen molar-refractivity contribution >= 4 is 35.0 Å². The average Bonchev–Trinajstić information content (AvgIpc) is 1.44. The van der Waals surface area contributed by atoms with Crippen molar-refractivity contribution in [2.24, 2.45) is 0 Å². The van der Waals surface area contributed by atoms with Crippen molar-refractivity contribution in [3.63, 3.8) is 0 Å². The molecule has 0 N–H and O–H groups in total. The number of rotatable bonds is 2. The Labute approximate surface area is 87.9 Å². The molecule has 0 aliphatic rings. The third-order valence-electron chi connectivity index (χ3n) is 2.00. The third-order valence-corrected chi connectivity index (χ3v) is 18.0. The molecule has 0 amide bonds. The predicted octanol–water partition coefficient (Wildman–Crippen LogP) is 3.27. The standard InChI is InChI=1S/C9H24BPSi2/c1-11(2,10)9(12(3,4)5)13(6,7)8/h1-8H3/q-1. The topological polar surface area (TPSA) is 0 Å². The van der Waals surface area contributed by atoms with Crippen LogP contribution in [0.2, 0.25) is 39.3 Å². The summed E-state index contributed by atoms with van der Waals surface area (Å²) in [6, 6.07) is 0. The fourth-order valence-corrected chi connectivity index (χ4v) is 25.7. The minimum Gasteiger partial charge on any atom is -0.577 e. The summed E-state index contributed by atoms with van der Waals surface area (Å²) in [4.78, 5) is 0. The van der Waals surface area contributed by atoms with Crippen LogP contribution in [0.1, 0.15) is 0 Å². The Morgan fingerprint density at radius 1 is 0.846 bits per heavy atom. The van der Waals surface area contributed by atoms with Crippen LogP contribution in [0.15, 0.2) is 0 Å². The van der Waals surface area contributed by atoms with E-state index in [-0.39, 0.29) is 0 Å². The summed E-state index contributed by atoms with van der Waals surface area (Å²) < 4.78 is 1.81. The molecule has 0 heterocycles. The zero-order valence-corrected chi connectivity index (χ0v) is 13.4. The molecule has 0 aliphatic carbocycles. The highest BCUT2D eigenvalue weighted by Gasteiger charge is 2.30. The first-order valence-corrected chi connectivity index (χ1v) is 14.6. The maximum atomic E-state index is 6.40. The lowest BCUT2D eigenvalue weighted by molar-refractivity contribution is 1.79. The molecule has 0 unspecified atom stereocenters. The van der Waals surface area contributed by atoms with E-state index in [2.05, 4.69) is 52.6 Å². The molecule has 0 aliphatic heterocycles. The molecule has 0 aromatic rings. The molecular weight excluding hydrogens is 206 g/mol. The van der Waals surface area contributed by atoms with Crippen LogP contribution in [0.3, 0.4) is 0 Å². The highest BCUT2D eigenvalue weighted by Crippen LogP contribution is 2.40. The van der Waals surface area contributed by atoms with Crippen molar-refractivity contribution in [3.05, 3.63) is 0 Å². The summed E-state index contributed by atoms with van der Waals surface area (Å²) in [5, 5.41) is 0. The SMILES string of the molecule is [B-]P(C)(C)=C([Si](C)(C)C)[Si](C)(C)C. The summed E-state index contributed by atoms with van der Waals surface area (Å²) >= 11 is 0. The molecule has 0 aromatic heterocycles. The lowest BCUT2D eigenvalue weighted by Crippen LogP contribution is -2.50. The molecule has 0 rings (SSSR count). The van der Waals surface area contributed by atoms with Gasteiger partial charge in [-0.05, 0) is 0 Å². The van der Waals surface area contributed by atoms with Crippen molar-refractivity contribution < 1.29 is 0 Å². The minimum absolute atomic E-state index is 1.15. The Kier molecular flexibility index (Phi) is 3.98. The van der Waals surface area contributed by atoms with E-state index in [0.29, 0.717) is 0 Å². The normalized spacial score (nSPS) is 14.5. The molecule has 0 saturated carbocycles. The van der Waals surface area contributed by atoms with Crippen LogP contribution in [0, 0.1) is 0 Å². The Morgan fingerprint density at radius 2 is 1.08 bits per heavy atom. The number of hydrogen-bond donors (Lipinski definition) is 0. The van der Waals surface area contributed by atoms with E-state index in [0.717, 1.165) is 0 Å². The molecule has 77 valence electrons. The largest absolute Gasteiger partial charge is 0.577 e. The van der Waals surface area contributed by atoms with Gasteiger partial charge in [-0.1, -0.05) is 52.6 Å². The van der Waals surface area contributed by atoms with E-state index in [1.165, 1.54) is 0 Å². The third kappa shape index (κ3) is 4.22. The molecule has 0 spiro atoms. The van der Waals surface area contributed by atoms with Gasteiger partial charge in [-0.2, -0.15) is 0 Å². The fraction of sp³-hybridized carbons (Fsp3) is 0.889. The second kappa shape index (κ2) is 3.75. The van der Waals surface area contributed by atoms with Crippen molar-refractivity contribution in [3.8, 4) is 0 Å². The van der Waals surface area contributed by atoms with E-state index < -0.39 is 22.9 Å². The second-order valence-electron chi connectivity index (χ2n) is 6.39. The molecule has 0 bridgehead atoms. The van der Waals surface area contributed by atoms with Gasteiger partial charge in [0.15, 0.2) is 0 Å². The lowest BCUT2D eigenvalue weighted by Gasteiger charge is -2.44. The van der Waals surface area contributed by atoms with Crippen molar-refractivity contribution in [2.75, 3.05) is 13.3 Å². The Balaban J connectivity index is 5.56. The molecule has 3 radical (unpaired) electrons. The lowest BCUT2D eigenvalue weighted by atomic mass is 10.8. The number of hydrogen-bond acceptors (Lipinski definition) is 0. The Hall–Kier alpha value is 0.799. The minimum atomic E-state index is -1.23. The zero-order chi connectivity index (χ0) is 11.1. The molecule has 0 fully saturated rings. The molecule has 0 saturated heterocycles. The highest BCUT2D eigenvalue weighted by molar-refractivity contribution is 8.02. The monoisotopic (exact) mass is 230 g/mol. The van der Waals surface area contributed by atoms with Gasteiger partial charge >= 0.3 is 0 Å². The smallest absolute Gasteiger partial charge is 0.0644 e. The zero-order valence-electron chi connectivity index (χ0n) is 10.5. The van der Waals surface area contributed by atoms with E-state index in [1.54, 1.807) is 0 Å². The predicted molar refractivity (Wildman–Crippen MR) is 76.2 cm³/mol. The van der Waals surface area contributed by atoms with Gasteiger partial charge in [0.25, 0.3) is 0 Å². The van der Waals surface area contributed by atoms with Crippen LogP contribution in [-0.2, 0) is 0 Å². The van der Waals surface area contributed by atoms with Gasteiger partial charge in [-0.25, -0.2) is 0 Å². The van der Waals surface area contributed by atoms with Gasteiger partial charge < -0.3 is 14.3 Å². The Bertz CT molecular complexity index is 215.